The van der Waals surface area contributed by atoms with Gasteiger partial charge in [0.2, 0.25) is 5.91 Å². The molecule has 2 aromatic carbocycles. The first kappa shape index (κ1) is 23.4. The zero-order valence-corrected chi connectivity index (χ0v) is 19.9. The zero-order valence-electron chi connectivity index (χ0n) is 19.9. The van der Waals surface area contributed by atoms with E-state index in [1.807, 2.05) is 24.3 Å². The van der Waals surface area contributed by atoms with Crippen LogP contribution in [0.15, 0.2) is 48.5 Å². The van der Waals surface area contributed by atoms with Gasteiger partial charge < -0.3 is 20.1 Å². The van der Waals surface area contributed by atoms with Crippen LogP contribution >= 0.6 is 0 Å². The number of fused-ring (bicyclic) bond motifs is 3. The highest BCUT2D eigenvalue weighted by Gasteiger charge is 2.47. The zero-order chi connectivity index (χ0) is 24.4. The number of hydrogen-bond acceptors (Lipinski definition) is 4. The van der Waals surface area contributed by atoms with Crippen molar-refractivity contribution in [2.24, 2.45) is 0 Å². The normalized spacial score (nSPS) is 20.7. The second kappa shape index (κ2) is 9.72. The molecular weight excluding hydrogens is 444 g/mol. The summed E-state index contributed by atoms with van der Waals surface area (Å²) in [4.78, 5) is 39.8. The third kappa shape index (κ3) is 4.51. The quantitative estimate of drug-likeness (QED) is 0.630. The molecule has 2 aliphatic carbocycles. The van der Waals surface area contributed by atoms with E-state index in [-0.39, 0.29) is 30.9 Å². The van der Waals surface area contributed by atoms with Crippen molar-refractivity contribution in [2.45, 2.75) is 68.9 Å². The molecule has 1 heterocycles. The number of alkyl carbamates (subject to hydrolysis) is 1. The van der Waals surface area contributed by atoms with Crippen LogP contribution < -0.4 is 5.32 Å². The SMILES string of the molecule is O=C(O)C[C@@H]1CCCCN1C(=O)C1(NC(=O)OCC2c3ccccc3-c3ccccc32)CCCC1. The number of ether oxygens (including phenoxy) is 1. The number of nitrogens with zero attached hydrogens (tertiary/aromatic N) is 1. The molecule has 0 bridgehead atoms. The van der Waals surface area contributed by atoms with Crippen LogP contribution in [0.3, 0.4) is 0 Å². The molecule has 7 nitrogen and oxygen atoms in total. The van der Waals surface area contributed by atoms with Gasteiger partial charge in [0, 0.05) is 18.5 Å². The second-order valence-corrected chi connectivity index (χ2v) is 9.99. The molecule has 1 aliphatic heterocycles. The van der Waals surface area contributed by atoms with Crippen LogP contribution in [0.2, 0.25) is 0 Å². The largest absolute Gasteiger partial charge is 0.481 e. The van der Waals surface area contributed by atoms with E-state index in [0.717, 1.165) is 47.9 Å². The highest BCUT2D eigenvalue weighted by atomic mass is 16.5. The summed E-state index contributed by atoms with van der Waals surface area (Å²) in [5.74, 6) is -1.11. The number of amides is 2. The van der Waals surface area contributed by atoms with E-state index in [2.05, 4.69) is 29.6 Å². The summed E-state index contributed by atoms with van der Waals surface area (Å²) in [6, 6.07) is 16.0. The monoisotopic (exact) mass is 476 g/mol. The van der Waals surface area contributed by atoms with Crippen LogP contribution in [0.4, 0.5) is 4.79 Å². The van der Waals surface area contributed by atoms with Gasteiger partial charge in [0.05, 0.1) is 6.42 Å². The van der Waals surface area contributed by atoms with E-state index in [1.54, 1.807) is 4.90 Å². The van der Waals surface area contributed by atoms with Crippen molar-refractivity contribution in [3.05, 3.63) is 59.7 Å². The average Bonchev–Trinajstić information content (AvgIpc) is 3.46. The lowest BCUT2D eigenvalue weighted by Crippen LogP contribution is -2.61. The van der Waals surface area contributed by atoms with Crippen molar-refractivity contribution in [1.29, 1.82) is 0 Å². The predicted molar refractivity (Wildman–Crippen MR) is 131 cm³/mol. The van der Waals surface area contributed by atoms with Gasteiger partial charge in [0.25, 0.3) is 0 Å². The minimum absolute atomic E-state index is 0.0505. The predicted octanol–water partition coefficient (Wildman–Crippen LogP) is 4.69. The molecule has 2 amide bonds. The fourth-order valence-corrected chi connectivity index (χ4v) is 6.16. The summed E-state index contributed by atoms with van der Waals surface area (Å²) in [5, 5.41) is 12.3. The van der Waals surface area contributed by atoms with Crippen LogP contribution in [0.25, 0.3) is 11.1 Å². The maximum atomic E-state index is 13.7. The molecule has 1 atom stereocenters. The highest BCUT2D eigenvalue weighted by molar-refractivity contribution is 5.91. The first-order chi connectivity index (χ1) is 17.0. The van der Waals surface area contributed by atoms with Gasteiger partial charge in [-0.25, -0.2) is 4.79 Å². The minimum Gasteiger partial charge on any atom is -0.481 e. The number of piperidine rings is 1. The lowest BCUT2D eigenvalue weighted by atomic mass is 9.91. The summed E-state index contributed by atoms with van der Waals surface area (Å²) in [6.45, 7) is 0.723. The molecule has 7 heteroatoms. The Bertz CT molecular complexity index is 1080. The maximum Gasteiger partial charge on any atom is 0.408 e. The lowest BCUT2D eigenvalue weighted by molar-refractivity contribution is -0.145. The van der Waals surface area contributed by atoms with Crippen molar-refractivity contribution < 1.29 is 24.2 Å². The average molecular weight is 477 g/mol. The molecule has 2 N–H and O–H groups in total. The molecular formula is C28H32N2O5. The lowest BCUT2D eigenvalue weighted by Gasteiger charge is -2.41. The van der Waals surface area contributed by atoms with Crippen molar-refractivity contribution in [3.8, 4) is 11.1 Å². The smallest absolute Gasteiger partial charge is 0.408 e. The van der Waals surface area contributed by atoms with Crippen LogP contribution in [0, 0.1) is 0 Å². The maximum absolute atomic E-state index is 13.7. The number of aliphatic carboxylic acids is 1. The van der Waals surface area contributed by atoms with Gasteiger partial charge in [-0.05, 0) is 54.4 Å². The molecule has 1 saturated heterocycles. The molecule has 2 aromatic rings. The Hall–Kier alpha value is -3.35. The number of rotatable bonds is 6. The minimum atomic E-state index is -1.02. The highest BCUT2D eigenvalue weighted by Crippen LogP contribution is 2.44. The number of likely N-dealkylation sites (tertiary alicyclic amines) is 1. The number of carboxylic acids is 1. The standard InChI is InChI=1S/C28H32N2O5/c31-25(32)17-19-9-5-8-16-30(19)26(33)28(14-6-7-15-28)29-27(34)35-18-24-22-12-3-1-10-20(22)21-11-2-4-13-23(21)24/h1-4,10-13,19,24H,5-9,14-18H2,(H,29,34)(H,31,32)/t19-/m0/s1. The number of carbonyl (C=O) groups is 3. The molecule has 1 saturated carbocycles. The van der Waals surface area contributed by atoms with Gasteiger partial charge in [-0.3, -0.25) is 9.59 Å². The molecule has 184 valence electrons. The topological polar surface area (TPSA) is 95.9 Å². The number of benzene rings is 2. The Morgan fingerprint density at radius 2 is 1.57 bits per heavy atom. The van der Waals surface area contributed by atoms with Crippen molar-refractivity contribution >= 4 is 18.0 Å². The van der Waals surface area contributed by atoms with E-state index < -0.39 is 17.6 Å². The van der Waals surface area contributed by atoms with E-state index in [4.69, 9.17) is 4.74 Å². The van der Waals surface area contributed by atoms with E-state index in [9.17, 15) is 19.5 Å². The third-order valence-corrected chi connectivity index (χ3v) is 7.85. The van der Waals surface area contributed by atoms with Crippen molar-refractivity contribution in [2.75, 3.05) is 13.2 Å². The summed E-state index contributed by atoms with van der Waals surface area (Å²) < 4.78 is 5.74. The summed E-state index contributed by atoms with van der Waals surface area (Å²) >= 11 is 0. The number of carboxylic acid groups (broad SMARTS) is 1. The van der Waals surface area contributed by atoms with Crippen LogP contribution in [-0.4, -0.2) is 52.7 Å². The van der Waals surface area contributed by atoms with Gasteiger partial charge in [-0.15, -0.1) is 0 Å². The Kier molecular flexibility index (Phi) is 6.50. The molecule has 35 heavy (non-hydrogen) atoms. The molecule has 5 rings (SSSR count). The molecule has 0 aromatic heterocycles. The van der Waals surface area contributed by atoms with Gasteiger partial charge in [-0.1, -0.05) is 61.4 Å². The van der Waals surface area contributed by atoms with Gasteiger partial charge in [0.1, 0.15) is 12.1 Å². The third-order valence-electron chi connectivity index (χ3n) is 7.85. The fourth-order valence-electron chi connectivity index (χ4n) is 6.16. The molecule has 0 spiro atoms. The Morgan fingerprint density at radius 3 is 2.20 bits per heavy atom. The van der Waals surface area contributed by atoms with Gasteiger partial charge >= 0.3 is 12.1 Å². The number of carbonyl (C=O) groups excluding carboxylic acids is 2. The Labute approximate surface area is 205 Å². The molecule has 0 radical (unpaired) electrons. The fraction of sp³-hybridized carbons (Fsp3) is 0.464. The first-order valence-electron chi connectivity index (χ1n) is 12.6. The summed E-state index contributed by atoms with van der Waals surface area (Å²) in [6.07, 6.45) is 4.57. The Morgan fingerprint density at radius 1 is 0.943 bits per heavy atom. The van der Waals surface area contributed by atoms with Gasteiger partial charge in [0.15, 0.2) is 0 Å². The molecule has 3 aliphatic rings. The van der Waals surface area contributed by atoms with E-state index in [0.29, 0.717) is 25.8 Å². The molecule has 2 fully saturated rings. The van der Waals surface area contributed by atoms with Crippen LogP contribution in [0.1, 0.15) is 68.4 Å². The van der Waals surface area contributed by atoms with Crippen molar-refractivity contribution in [3.63, 3.8) is 0 Å². The van der Waals surface area contributed by atoms with Crippen LogP contribution in [-0.2, 0) is 14.3 Å². The van der Waals surface area contributed by atoms with E-state index >= 15 is 0 Å². The summed E-state index contributed by atoms with van der Waals surface area (Å²) in [5.41, 5.74) is 3.58. The van der Waals surface area contributed by atoms with Crippen LogP contribution in [0.5, 0.6) is 0 Å². The second-order valence-electron chi connectivity index (χ2n) is 9.99. The first-order valence-corrected chi connectivity index (χ1v) is 12.6. The summed E-state index contributed by atoms with van der Waals surface area (Å²) in [7, 11) is 0. The van der Waals surface area contributed by atoms with Gasteiger partial charge in [-0.2, -0.15) is 0 Å². The molecule has 0 unspecified atom stereocenters. The Balaban J connectivity index is 1.29. The number of hydrogen-bond donors (Lipinski definition) is 2. The van der Waals surface area contributed by atoms with E-state index in [1.165, 1.54) is 0 Å². The van der Waals surface area contributed by atoms with Crippen molar-refractivity contribution in [1.82, 2.24) is 10.2 Å². The number of nitrogens with one attached hydrogen (secondary N) is 1.